The monoisotopic (exact) mass is 388 g/mol. The number of hydrogen-bond donors (Lipinski definition) is 0. The van der Waals surface area contributed by atoms with Crippen LogP contribution in [-0.2, 0) is 6.61 Å². The van der Waals surface area contributed by atoms with Crippen molar-refractivity contribution in [1.29, 1.82) is 0 Å². The summed E-state index contributed by atoms with van der Waals surface area (Å²) in [6, 6.07) is 20.9. The van der Waals surface area contributed by atoms with E-state index in [1.165, 1.54) is 0 Å². The van der Waals surface area contributed by atoms with Gasteiger partial charge >= 0.3 is 0 Å². The molecule has 0 radical (unpaired) electrons. The van der Waals surface area contributed by atoms with Crippen LogP contribution in [-0.4, -0.2) is 20.5 Å². The minimum absolute atomic E-state index is 0.451. The standard InChI is InChI=1S/C24H20O5/c1-26-22-12-18(8-9-20(22)28-15-16-6-4-3-5-7-16)21-13-19-10-17(14-25)11-23(27-2)24(19)29-21/h3-14H,15H2,1-2H3. The minimum Gasteiger partial charge on any atom is -0.493 e. The summed E-state index contributed by atoms with van der Waals surface area (Å²) in [5.74, 6) is 2.43. The van der Waals surface area contributed by atoms with Crippen molar-refractivity contribution in [2.45, 2.75) is 6.61 Å². The molecule has 0 saturated carbocycles. The predicted molar refractivity (Wildman–Crippen MR) is 111 cm³/mol. The molecule has 0 unspecified atom stereocenters. The molecular formula is C24H20O5. The van der Waals surface area contributed by atoms with Crippen LogP contribution in [0.25, 0.3) is 22.3 Å². The first-order valence-corrected chi connectivity index (χ1v) is 9.13. The second-order valence-electron chi connectivity index (χ2n) is 6.51. The highest BCUT2D eigenvalue weighted by Gasteiger charge is 2.14. The molecule has 146 valence electrons. The number of benzene rings is 3. The first kappa shape index (κ1) is 18.6. The van der Waals surface area contributed by atoms with Crippen LogP contribution >= 0.6 is 0 Å². The average molecular weight is 388 g/mol. The number of furan rings is 1. The lowest BCUT2D eigenvalue weighted by atomic mass is 10.1. The molecular weight excluding hydrogens is 368 g/mol. The Morgan fingerprint density at radius 1 is 0.862 bits per heavy atom. The first-order chi connectivity index (χ1) is 14.2. The van der Waals surface area contributed by atoms with Crippen LogP contribution < -0.4 is 14.2 Å². The number of ether oxygens (including phenoxy) is 3. The van der Waals surface area contributed by atoms with Crippen LogP contribution in [0.15, 0.2) is 71.1 Å². The molecule has 4 rings (SSSR count). The van der Waals surface area contributed by atoms with Crippen molar-refractivity contribution < 1.29 is 23.4 Å². The van der Waals surface area contributed by atoms with Crippen LogP contribution in [0.3, 0.4) is 0 Å². The fourth-order valence-corrected chi connectivity index (χ4v) is 3.18. The summed E-state index contributed by atoms with van der Waals surface area (Å²) >= 11 is 0. The molecule has 0 amide bonds. The highest BCUT2D eigenvalue weighted by atomic mass is 16.5. The van der Waals surface area contributed by atoms with Crippen molar-refractivity contribution in [2.75, 3.05) is 14.2 Å². The zero-order chi connectivity index (χ0) is 20.2. The van der Waals surface area contributed by atoms with Gasteiger partial charge in [-0.15, -0.1) is 0 Å². The Morgan fingerprint density at radius 2 is 1.66 bits per heavy atom. The Kier molecular flexibility index (Phi) is 5.20. The Labute approximate surface area is 168 Å². The van der Waals surface area contributed by atoms with Gasteiger partial charge < -0.3 is 18.6 Å². The van der Waals surface area contributed by atoms with E-state index in [4.69, 9.17) is 18.6 Å². The number of carbonyl (C=O) groups is 1. The van der Waals surface area contributed by atoms with E-state index >= 15 is 0 Å². The van der Waals surface area contributed by atoms with E-state index in [-0.39, 0.29) is 0 Å². The van der Waals surface area contributed by atoms with Crippen molar-refractivity contribution >= 4 is 17.3 Å². The maximum Gasteiger partial charge on any atom is 0.176 e. The van der Waals surface area contributed by atoms with Gasteiger partial charge in [0.05, 0.1) is 14.2 Å². The van der Waals surface area contributed by atoms with E-state index in [2.05, 4.69) is 0 Å². The third kappa shape index (κ3) is 3.80. The summed E-state index contributed by atoms with van der Waals surface area (Å²) in [5.41, 5.74) is 3.04. The molecule has 1 aromatic heterocycles. The van der Waals surface area contributed by atoms with E-state index in [9.17, 15) is 4.79 Å². The zero-order valence-corrected chi connectivity index (χ0v) is 16.2. The molecule has 29 heavy (non-hydrogen) atoms. The quantitative estimate of drug-likeness (QED) is 0.391. The minimum atomic E-state index is 0.451. The van der Waals surface area contributed by atoms with Crippen molar-refractivity contribution in [3.05, 3.63) is 77.9 Å². The Balaban J connectivity index is 1.66. The van der Waals surface area contributed by atoms with Crippen LogP contribution in [0.2, 0.25) is 0 Å². The molecule has 0 atom stereocenters. The van der Waals surface area contributed by atoms with Crippen LogP contribution in [0.5, 0.6) is 17.2 Å². The summed E-state index contributed by atoms with van der Waals surface area (Å²) in [6.45, 7) is 0.451. The number of rotatable bonds is 7. The summed E-state index contributed by atoms with van der Waals surface area (Å²) < 4.78 is 22.8. The van der Waals surface area contributed by atoms with E-state index in [1.807, 2.05) is 54.6 Å². The molecule has 0 fully saturated rings. The lowest BCUT2D eigenvalue weighted by Crippen LogP contribution is -1.97. The smallest absolute Gasteiger partial charge is 0.176 e. The van der Waals surface area contributed by atoms with Crippen molar-refractivity contribution in [1.82, 2.24) is 0 Å². The van der Waals surface area contributed by atoms with Gasteiger partial charge in [-0.1, -0.05) is 30.3 Å². The lowest BCUT2D eigenvalue weighted by Gasteiger charge is -2.11. The SMILES string of the molecule is COc1cc(-c2cc3cc(C=O)cc(OC)c3o2)ccc1OCc1ccccc1. The third-order valence-corrected chi connectivity index (χ3v) is 4.65. The molecule has 5 nitrogen and oxygen atoms in total. The van der Waals surface area contributed by atoms with Gasteiger partial charge in [-0.2, -0.15) is 0 Å². The van der Waals surface area contributed by atoms with Gasteiger partial charge in [0, 0.05) is 16.5 Å². The maximum absolute atomic E-state index is 11.2. The highest BCUT2D eigenvalue weighted by molar-refractivity contribution is 5.93. The molecule has 0 N–H and O–H groups in total. The normalized spacial score (nSPS) is 10.7. The van der Waals surface area contributed by atoms with Gasteiger partial charge in [-0.3, -0.25) is 4.79 Å². The Bertz CT molecular complexity index is 1140. The van der Waals surface area contributed by atoms with E-state index in [0.717, 1.165) is 22.8 Å². The molecule has 4 aromatic rings. The molecule has 0 spiro atoms. The summed E-state index contributed by atoms with van der Waals surface area (Å²) in [7, 11) is 3.15. The number of hydrogen-bond acceptors (Lipinski definition) is 5. The number of aldehydes is 1. The van der Waals surface area contributed by atoms with Crippen LogP contribution in [0, 0.1) is 0 Å². The lowest BCUT2D eigenvalue weighted by molar-refractivity contribution is 0.112. The van der Waals surface area contributed by atoms with Crippen LogP contribution in [0.4, 0.5) is 0 Å². The largest absolute Gasteiger partial charge is 0.493 e. The molecule has 3 aromatic carbocycles. The van der Waals surface area contributed by atoms with Gasteiger partial charge in [0.1, 0.15) is 18.7 Å². The van der Waals surface area contributed by atoms with E-state index < -0.39 is 0 Å². The molecule has 0 bridgehead atoms. The van der Waals surface area contributed by atoms with Crippen LogP contribution in [0.1, 0.15) is 15.9 Å². The molecule has 0 saturated heterocycles. The van der Waals surface area contributed by atoms with Crippen molar-refractivity contribution in [3.8, 4) is 28.6 Å². The maximum atomic E-state index is 11.2. The Hall–Kier alpha value is -3.73. The van der Waals surface area contributed by atoms with Crippen molar-refractivity contribution in [3.63, 3.8) is 0 Å². The third-order valence-electron chi connectivity index (χ3n) is 4.65. The Morgan fingerprint density at radius 3 is 2.38 bits per heavy atom. The molecule has 0 aliphatic rings. The fourth-order valence-electron chi connectivity index (χ4n) is 3.18. The van der Waals surface area contributed by atoms with Gasteiger partial charge in [0.15, 0.2) is 22.8 Å². The van der Waals surface area contributed by atoms with E-state index in [1.54, 1.807) is 26.4 Å². The van der Waals surface area contributed by atoms with E-state index in [0.29, 0.717) is 40.8 Å². The second-order valence-corrected chi connectivity index (χ2v) is 6.51. The molecule has 1 heterocycles. The molecule has 5 heteroatoms. The fraction of sp³-hybridized carbons (Fsp3) is 0.125. The van der Waals surface area contributed by atoms with Gasteiger partial charge in [-0.25, -0.2) is 0 Å². The molecule has 0 aliphatic heterocycles. The predicted octanol–water partition coefficient (Wildman–Crippen LogP) is 5.51. The van der Waals surface area contributed by atoms with Gasteiger partial charge in [0.2, 0.25) is 0 Å². The summed E-state index contributed by atoms with van der Waals surface area (Å²) in [4.78, 5) is 11.2. The topological polar surface area (TPSA) is 57.9 Å². The molecule has 0 aliphatic carbocycles. The van der Waals surface area contributed by atoms with Gasteiger partial charge in [0.25, 0.3) is 0 Å². The second kappa shape index (κ2) is 8.10. The number of fused-ring (bicyclic) bond motifs is 1. The number of carbonyl (C=O) groups excluding carboxylic acids is 1. The highest BCUT2D eigenvalue weighted by Crippen LogP contribution is 2.38. The average Bonchev–Trinajstić information content (AvgIpc) is 3.21. The first-order valence-electron chi connectivity index (χ1n) is 9.13. The van der Waals surface area contributed by atoms with Crippen molar-refractivity contribution in [2.24, 2.45) is 0 Å². The zero-order valence-electron chi connectivity index (χ0n) is 16.2. The van der Waals surface area contributed by atoms with Gasteiger partial charge in [-0.05, 0) is 42.0 Å². The summed E-state index contributed by atoms with van der Waals surface area (Å²) in [5, 5.41) is 0.796. The summed E-state index contributed by atoms with van der Waals surface area (Å²) in [6.07, 6.45) is 0.788. The number of methoxy groups -OCH3 is 2.